The first-order chi connectivity index (χ1) is 15.5. The zero-order valence-electron chi connectivity index (χ0n) is 19.5. The average molecular weight is 432 g/mol. The molecule has 1 N–H and O–H groups in total. The molecular weight excluding hydrogens is 398 g/mol. The molecular formula is C26H33N5O. The first-order valence-corrected chi connectivity index (χ1v) is 11.3. The number of amides is 1. The van der Waals surface area contributed by atoms with Gasteiger partial charge in [0.15, 0.2) is 0 Å². The standard InChI is InChI=1S/C26H33N5O/c1-19-24(20(2)29(4)28-19)27-26(32)21(3)30-15-17-31(18-16-30)25(22-11-7-5-8-12-22)23-13-9-6-10-14-23/h5-14,21,25H,15-18H2,1-4H3,(H,27,32). The number of carbonyl (C=O) groups is 1. The Bertz CT molecular complexity index is 999. The van der Waals surface area contributed by atoms with E-state index in [2.05, 4.69) is 80.9 Å². The maximum absolute atomic E-state index is 13.0. The summed E-state index contributed by atoms with van der Waals surface area (Å²) in [5, 5.41) is 7.51. The van der Waals surface area contributed by atoms with E-state index in [4.69, 9.17) is 0 Å². The van der Waals surface area contributed by atoms with Gasteiger partial charge in [0.25, 0.3) is 0 Å². The molecule has 2 aromatic carbocycles. The molecule has 1 aliphatic rings. The van der Waals surface area contributed by atoms with E-state index in [0.717, 1.165) is 43.3 Å². The molecule has 0 bridgehead atoms. The van der Waals surface area contributed by atoms with Crippen molar-refractivity contribution in [1.29, 1.82) is 0 Å². The summed E-state index contributed by atoms with van der Waals surface area (Å²) in [7, 11) is 1.90. The van der Waals surface area contributed by atoms with Crippen LogP contribution in [0.15, 0.2) is 60.7 Å². The monoisotopic (exact) mass is 431 g/mol. The van der Waals surface area contributed by atoms with Crippen molar-refractivity contribution >= 4 is 11.6 Å². The van der Waals surface area contributed by atoms with Crippen molar-refractivity contribution in [2.75, 3.05) is 31.5 Å². The molecule has 1 atom stereocenters. The number of hydrogen-bond donors (Lipinski definition) is 1. The molecule has 1 fully saturated rings. The minimum Gasteiger partial charge on any atom is -0.322 e. The van der Waals surface area contributed by atoms with Gasteiger partial charge in [0.1, 0.15) is 0 Å². The van der Waals surface area contributed by atoms with Gasteiger partial charge in [-0.2, -0.15) is 5.10 Å². The van der Waals surface area contributed by atoms with Gasteiger partial charge in [-0.05, 0) is 31.9 Å². The van der Waals surface area contributed by atoms with Crippen LogP contribution in [0.3, 0.4) is 0 Å². The van der Waals surface area contributed by atoms with Crippen molar-refractivity contribution in [1.82, 2.24) is 19.6 Å². The first kappa shape index (κ1) is 22.2. The quantitative estimate of drug-likeness (QED) is 0.646. The Kier molecular flexibility index (Phi) is 6.72. The highest BCUT2D eigenvalue weighted by Gasteiger charge is 2.30. The SMILES string of the molecule is Cc1nn(C)c(C)c1NC(=O)C(C)N1CCN(C(c2ccccc2)c2ccccc2)CC1. The lowest BCUT2D eigenvalue weighted by molar-refractivity contribution is -0.121. The predicted molar refractivity (Wildman–Crippen MR) is 129 cm³/mol. The number of rotatable bonds is 6. The maximum atomic E-state index is 13.0. The zero-order chi connectivity index (χ0) is 22.7. The molecule has 32 heavy (non-hydrogen) atoms. The fourth-order valence-electron chi connectivity index (χ4n) is 4.62. The van der Waals surface area contributed by atoms with Gasteiger partial charge in [0.2, 0.25) is 5.91 Å². The number of anilines is 1. The van der Waals surface area contributed by atoms with Gasteiger partial charge >= 0.3 is 0 Å². The lowest BCUT2D eigenvalue weighted by Gasteiger charge is -2.41. The largest absolute Gasteiger partial charge is 0.322 e. The van der Waals surface area contributed by atoms with Gasteiger partial charge in [-0.3, -0.25) is 19.3 Å². The van der Waals surface area contributed by atoms with Crippen LogP contribution in [-0.2, 0) is 11.8 Å². The molecule has 1 amide bonds. The van der Waals surface area contributed by atoms with E-state index in [0.29, 0.717) is 0 Å². The van der Waals surface area contributed by atoms with Crippen molar-refractivity contribution in [3.05, 3.63) is 83.2 Å². The van der Waals surface area contributed by atoms with Crippen molar-refractivity contribution < 1.29 is 4.79 Å². The van der Waals surface area contributed by atoms with Crippen LogP contribution in [0.1, 0.15) is 35.5 Å². The third kappa shape index (κ3) is 4.61. The smallest absolute Gasteiger partial charge is 0.241 e. The van der Waals surface area contributed by atoms with Crippen LogP contribution in [-0.4, -0.2) is 57.7 Å². The Hall–Kier alpha value is -2.96. The van der Waals surface area contributed by atoms with E-state index >= 15 is 0 Å². The van der Waals surface area contributed by atoms with E-state index < -0.39 is 0 Å². The van der Waals surface area contributed by atoms with E-state index in [1.165, 1.54) is 11.1 Å². The van der Waals surface area contributed by atoms with E-state index in [-0.39, 0.29) is 18.0 Å². The Balaban J connectivity index is 1.43. The van der Waals surface area contributed by atoms with Crippen molar-refractivity contribution in [2.45, 2.75) is 32.9 Å². The van der Waals surface area contributed by atoms with Gasteiger partial charge in [-0.1, -0.05) is 60.7 Å². The minimum atomic E-state index is -0.192. The van der Waals surface area contributed by atoms with Crippen molar-refractivity contribution in [3.8, 4) is 0 Å². The lowest BCUT2D eigenvalue weighted by Crippen LogP contribution is -2.53. The predicted octanol–water partition coefficient (Wildman–Crippen LogP) is 3.77. The van der Waals surface area contributed by atoms with Crippen LogP contribution >= 0.6 is 0 Å². The highest BCUT2D eigenvalue weighted by molar-refractivity contribution is 5.95. The fraction of sp³-hybridized carbons (Fsp3) is 0.385. The second kappa shape index (κ2) is 9.67. The number of nitrogens with zero attached hydrogens (tertiary/aromatic N) is 4. The normalized spacial score (nSPS) is 16.3. The molecule has 3 aromatic rings. The third-order valence-electron chi connectivity index (χ3n) is 6.63. The number of piperazine rings is 1. The summed E-state index contributed by atoms with van der Waals surface area (Å²) in [5.74, 6) is 0.0281. The molecule has 2 heterocycles. The minimum absolute atomic E-state index is 0.0281. The molecule has 0 spiro atoms. The fourth-order valence-corrected chi connectivity index (χ4v) is 4.62. The number of hydrogen-bond acceptors (Lipinski definition) is 4. The molecule has 6 heteroatoms. The number of carbonyl (C=O) groups excluding carboxylic acids is 1. The molecule has 0 radical (unpaired) electrons. The Morgan fingerprint density at radius 2 is 1.38 bits per heavy atom. The second-order valence-electron chi connectivity index (χ2n) is 8.63. The van der Waals surface area contributed by atoms with Crippen molar-refractivity contribution in [2.24, 2.45) is 7.05 Å². The first-order valence-electron chi connectivity index (χ1n) is 11.3. The molecule has 0 saturated carbocycles. The number of nitrogens with one attached hydrogen (secondary N) is 1. The van der Waals surface area contributed by atoms with Crippen LogP contribution in [0.5, 0.6) is 0 Å². The highest BCUT2D eigenvalue weighted by Crippen LogP contribution is 2.29. The van der Waals surface area contributed by atoms with Crippen LogP contribution in [0.2, 0.25) is 0 Å². The van der Waals surface area contributed by atoms with Crippen LogP contribution in [0, 0.1) is 13.8 Å². The topological polar surface area (TPSA) is 53.4 Å². The van der Waals surface area contributed by atoms with Gasteiger partial charge in [0.05, 0.1) is 29.2 Å². The number of benzene rings is 2. The number of aryl methyl sites for hydroxylation is 2. The van der Waals surface area contributed by atoms with Crippen molar-refractivity contribution in [3.63, 3.8) is 0 Å². The molecule has 1 saturated heterocycles. The van der Waals surface area contributed by atoms with E-state index in [9.17, 15) is 4.79 Å². The summed E-state index contributed by atoms with van der Waals surface area (Å²) in [5.41, 5.74) is 5.27. The van der Waals surface area contributed by atoms with Gasteiger partial charge < -0.3 is 5.32 Å². The summed E-state index contributed by atoms with van der Waals surface area (Å²) in [4.78, 5) is 17.8. The molecule has 1 aliphatic heterocycles. The van der Waals surface area contributed by atoms with Crippen LogP contribution in [0.4, 0.5) is 5.69 Å². The van der Waals surface area contributed by atoms with E-state index in [1.54, 1.807) is 0 Å². The third-order valence-corrected chi connectivity index (χ3v) is 6.63. The van der Waals surface area contributed by atoms with Gasteiger partial charge in [-0.15, -0.1) is 0 Å². The second-order valence-corrected chi connectivity index (χ2v) is 8.63. The zero-order valence-corrected chi connectivity index (χ0v) is 19.5. The lowest BCUT2D eigenvalue weighted by atomic mass is 9.96. The molecule has 0 aliphatic carbocycles. The van der Waals surface area contributed by atoms with Crippen LogP contribution in [0.25, 0.3) is 0 Å². The summed E-state index contributed by atoms with van der Waals surface area (Å²) in [6.07, 6.45) is 0. The summed E-state index contributed by atoms with van der Waals surface area (Å²) in [6.45, 7) is 9.45. The van der Waals surface area contributed by atoms with Gasteiger partial charge in [-0.25, -0.2) is 0 Å². The maximum Gasteiger partial charge on any atom is 0.241 e. The summed E-state index contributed by atoms with van der Waals surface area (Å²) >= 11 is 0. The summed E-state index contributed by atoms with van der Waals surface area (Å²) in [6, 6.07) is 21.4. The Labute approximate surface area is 190 Å². The number of aromatic nitrogens is 2. The van der Waals surface area contributed by atoms with Gasteiger partial charge in [0, 0.05) is 33.2 Å². The molecule has 168 valence electrons. The Morgan fingerprint density at radius 1 is 0.875 bits per heavy atom. The summed E-state index contributed by atoms with van der Waals surface area (Å²) < 4.78 is 1.81. The van der Waals surface area contributed by atoms with E-state index in [1.807, 2.05) is 32.5 Å². The highest BCUT2D eigenvalue weighted by atomic mass is 16.2. The molecule has 6 nitrogen and oxygen atoms in total. The van der Waals surface area contributed by atoms with Crippen LogP contribution < -0.4 is 5.32 Å². The average Bonchev–Trinajstić information content (AvgIpc) is 3.06. The molecule has 1 unspecified atom stereocenters. The Morgan fingerprint density at radius 3 is 1.84 bits per heavy atom. The molecule has 4 rings (SSSR count). The molecule has 1 aromatic heterocycles.